The molecule has 18 heavy (non-hydrogen) atoms. The highest BCUT2D eigenvalue weighted by atomic mass is 16.2. The van der Waals surface area contributed by atoms with Gasteiger partial charge in [0.1, 0.15) is 0 Å². The van der Waals surface area contributed by atoms with Crippen LogP contribution >= 0.6 is 0 Å². The summed E-state index contributed by atoms with van der Waals surface area (Å²) in [6.07, 6.45) is 0. The van der Waals surface area contributed by atoms with Crippen molar-refractivity contribution in [1.82, 2.24) is 9.80 Å². The van der Waals surface area contributed by atoms with Gasteiger partial charge in [-0.1, -0.05) is 30.3 Å². The second kappa shape index (κ2) is 4.73. The van der Waals surface area contributed by atoms with Gasteiger partial charge in [-0.2, -0.15) is 0 Å². The summed E-state index contributed by atoms with van der Waals surface area (Å²) in [7, 11) is 0. The molecule has 0 saturated carbocycles. The molecule has 96 valence electrons. The quantitative estimate of drug-likeness (QED) is 0.789. The standard InChI is InChI=1S/C15H20N2O/c1-12(18)17-10-14-8-16(9-15(14)11-17)7-13-5-3-2-4-6-13/h2-6,14-15H,7-11H2,1H3. The van der Waals surface area contributed by atoms with Gasteiger partial charge in [-0.25, -0.2) is 0 Å². The van der Waals surface area contributed by atoms with Crippen molar-refractivity contribution < 1.29 is 4.79 Å². The second-order valence-electron chi connectivity index (χ2n) is 5.62. The molecule has 3 heteroatoms. The van der Waals surface area contributed by atoms with Gasteiger partial charge in [0, 0.05) is 39.6 Å². The number of rotatable bonds is 2. The number of benzene rings is 1. The zero-order valence-corrected chi connectivity index (χ0v) is 10.9. The molecular formula is C15H20N2O. The number of likely N-dealkylation sites (tertiary alicyclic amines) is 2. The van der Waals surface area contributed by atoms with Gasteiger partial charge in [-0.3, -0.25) is 9.69 Å². The molecule has 3 rings (SSSR count). The predicted octanol–water partition coefficient (Wildman–Crippen LogP) is 1.60. The van der Waals surface area contributed by atoms with Crippen LogP contribution in [-0.2, 0) is 11.3 Å². The molecule has 2 aliphatic heterocycles. The number of hydrogen-bond donors (Lipinski definition) is 0. The molecule has 2 aliphatic rings. The minimum atomic E-state index is 0.235. The highest BCUT2D eigenvalue weighted by molar-refractivity contribution is 5.73. The molecule has 1 aromatic rings. The van der Waals surface area contributed by atoms with Crippen LogP contribution in [0.4, 0.5) is 0 Å². The van der Waals surface area contributed by atoms with Gasteiger partial charge in [0.05, 0.1) is 0 Å². The zero-order valence-electron chi connectivity index (χ0n) is 10.9. The molecule has 2 atom stereocenters. The van der Waals surface area contributed by atoms with Crippen LogP contribution in [0.15, 0.2) is 30.3 Å². The minimum absolute atomic E-state index is 0.235. The first-order chi connectivity index (χ1) is 8.72. The molecule has 0 aliphatic carbocycles. The average molecular weight is 244 g/mol. The van der Waals surface area contributed by atoms with Crippen molar-refractivity contribution in [3.8, 4) is 0 Å². The molecule has 2 fully saturated rings. The van der Waals surface area contributed by atoms with E-state index in [1.807, 2.05) is 4.90 Å². The first-order valence-electron chi connectivity index (χ1n) is 6.74. The fraction of sp³-hybridized carbons (Fsp3) is 0.533. The summed E-state index contributed by atoms with van der Waals surface area (Å²) in [5.74, 6) is 1.62. The molecule has 3 nitrogen and oxygen atoms in total. The second-order valence-corrected chi connectivity index (χ2v) is 5.62. The van der Waals surface area contributed by atoms with E-state index in [0.717, 1.165) is 32.7 Å². The third kappa shape index (κ3) is 2.27. The minimum Gasteiger partial charge on any atom is -0.342 e. The summed E-state index contributed by atoms with van der Waals surface area (Å²) in [6.45, 7) is 6.94. The summed E-state index contributed by atoms with van der Waals surface area (Å²) in [4.78, 5) is 15.9. The van der Waals surface area contributed by atoms with Crippen LogP contribution in [0.5, 0.6) is 0 Å². The maximum absolute atomic E-state index is 11.4. The topological polar surface area (TPSA) is 23.6 Å². The summed E-state index contributed by atoms with van der Waals surface area (Å²) in [6, 6.07) is 10.6. The van der Waals surface area contributed by atoms with Crippen molar-refractivity contribution in [2.45, 2.75) is 13.5 Å². The average Bonchev–Trinajstić information content (AvgIpc) is 2.88. The predicted molar refractivity (Wildman–Crippen MR) is 71.0 cm³/mol. The van der Waals surface area contributed by atoms with Gasteiger partial charge < -0.3 is 4.90 Å². The Morgan fingerprint density at radius 2 is 1.72 bits per heavy atom. The smallest absolute Gasteiger partial charge is 0.219 e. The summed E-state index contributed by atoms with van der Waals surface area (Å²) in [5.41, 5.74) is 1.39. The maximum atomic E-state index is 11.4. The SMILES string of the molecule is CC(=O)N1CC2CN(Cc3ccccc3)CC2C1. The lowest BCUT2D eigenvalue weighted by molar-refractivity contribution is -0.128. The van der Waals surface area contributed by atoms with Crippen LogP contribution in [0.1, 0.15) is 12.5 Å². The van der Waals surface area contributed by atoms with Gasteiger partial charge in [-0.05, 0) is 17.4 Å². The van der Waals surface area contributed by atoms with Crippen LogP contribution in [0.25, 0.3) is 0 Å². The highest BCUT2D eigenvalue weighted by Crippen LogP contribution is 2.31. The Morgan fingerprint density at radius 1 is 1.11 bits per heavy atom. The van der Waals surface area contributed by atoms with Crippen molar-refractivity contribution in [3.05, 3.63) is 35.9 Å². The van der Waals surface area contributed by atoms with Gasteiger partial charge in [0.2, 0.25) is 5.91 Å². The highest BCUT2D eigenvalue weighted by Gasteiger charge is 2.40. The molecule has 1 amide bonds. The lowest BCUT2D eigenvalue weighted by Gasteiger charge is -2.20. The number of hydrogen-bond acceptors (Lipinski definition) is 2. The lowest BCUT2D eigenvalue weighted by atomic mass is 10.0. The number of fused-ring (bicyclic) bond motifs is 1. The molecular weight excluding hydrogens is 224 g/mol. The summed E-state index contributed by atoms with van der Waals surface area (Å²) >= 11 is 0. The van der Waals surface area contributed by atoms with Crippen LogP contribution in [-0.4, -0.2) is 41.9 Å². The van der Waals surface area contributed by atoms with E-state index < -0.39 is 0 Å². The third-order valence-electron chi connectivity index (χ3n) is 4.26. The monoisotopic (exact) mass is 244 g/mol. The normalized spacial score (nSPS) is 27.5. The Hall–Kier alpha value is -1.35. The Balaban J connectivity index is 1.57. The van der Waals surface area contributed by atoms with Gasteiger partial charge in [0.15, 0.2) is 0 Å². The molecule has 0 radical (unpaired) electrons. The van der Waals surface area contributed by atoms with E-state index in [1.165, 1.54) is 5.56 Å². The fourth-order valence-electron chi connectivity index (χ4n) is 3.32. The molecule has 0 bridgehead atoms. The molecule has 0 N–H and O–H groups in total. The van der Waals surface area contributed by atoms with Crippen molar-refractivity contribution in [2.75, 3.05) is 26.2 Å². The fourth-order valence-corrected chi connectivity index (χ4v) is 3.32. The number of amides is 1. The molecule has 2 unspecified atom stereocenters. The Bertz CT molecular complexity index is 417. The lowest BCUT2D eigenvalue weighted by Crippen LogP contribution is -2.31. The van der Waals surface area contributed by atoms with Crippen LogP contribution < -0.4 is 0 Å². The molecule has 0 aromatic heterocycles. The van der Waals surface area contributed by atoms with Crippen LogP contribution in [0.3, 0.4) is 0 Å². The Kier molecular flexibility index (Phi) is 3.08. The summed E-state index contributed by atoms with van der Waals surface area (Å²) < 4.78 is 0. The van der Waals surface area contributed by atoms with Crippen LogP contribution in [0, 0.1) is 11.8 Å². The van der Waals surface area contributed by atoms with E-state index in [4.69, 9.17) is 0 Å². The third-order valence-corrected chi connectivity index (χ3v) is 4.26. The number of nitrogens with zero attached hydrogens (tertiary/aromatic N) is 2. The van der Waals surface area contributed by atoms with E-state index in [-0.39, 0.29) is 5.91 Å². The largest absolute Gasteiger partial charge is 0.342 e. The van der Waals surface area contributed by atoms with Gasteiger partial charge in [-0.15, -0.1) is 0 Å². The van der Waals surface area contributed by atoms with E-state index in [1.54, 1.807) is 6.92 Å². The Labute approximate surface area is 108 Å². The molecule has 0 spiro atoms. The van der Waals surface area contributed by atoms with Gasteiger partial charge >= 0.3 is 0 Å². The van der Waals surface area contributed by atoms with Crippen molar-refractivity contribution in [2.24, 2.45) is 11.8 Å². The Morgan fingerprint density at radius 3 is 2.28 bits per heavy atom. The molecule has 2 heterocycles. The van der Waals surface area contributed by atoms with Crippen LogP contribution in [0.2, 0.25) is 0 Å². The number of carbonyl (C=O) groups is 1. The van der Waals surface area contributed by atoms with E-state index in [9.17, 15) is 4.79 Å². The molecule has 1 aromatic carbocycles. The van der Waals surface area contributed by atoms with E-state index in [0.29, 0.717) is 11.8 Å². The first kappa shape index (κ1) is 11.7. The van der Waals surface area contributed by atoms with Gasteiger partial charge in [0.25, 0.3) is 0 Å². The summed E-state index contributed by atoms with van der Waals surface area (Å²) in [5, 5.41) is 0. The zero-order chi connectivity index (χ0) is 12.5. The van der Waals surface area contributed by atoms with Crippen molar-refractivity contribution in [3.63, 3.8) is 0 Å². The maximum Gasteiger partial charge on any atom is 0.219 e. The van der Waals surface area contributed by atoms with E-state index in [2.05, 4.69) is 35.2 Å². The van der Waals surface area contributed by atoms with Crippen molar-refractivity contribution >= 4 is 5.91 Å². The van der Waals surface area contributed by atoms with Crippen molar-refractivity contribution in [1.29, 1.82) is 0 Å². The number of carbonyl (C=O) groups excluding carboxylic acids is 1. The first-order valence-corrected chi connectivity index (χ1v) is 6.74. The molecule has 2 saturated heterocycles. The van der Waals surface area contributed by atoms with E-state index >= 15 is 0 Å².